The number of hydrogen-bond donors (Lipinski definition) is 2. The second-order valence-corrected chi connectivity index (χ2v) is 11.6. The lowest BCUT2D eigenvalue weighted by Gasteiger charge is -2.41. The Balaban J connectivity index is 1.30. The molecule has 5 rings (SSSR count). The fraction of sp³-hybridized carbons (Fsp3) is 0.265. The maximum absolute atomic E-state index is 12.7. The first-order valence-electron chi connectivity index (χ1n) is 14.1. The summed E-state index contributed by atoms with van der Waals surface area (Å²) in [5.41, 5.74) is 4.55. The van der Waals surface area contributed by atoms with Crippen molar-refractivity contribution in [3.63, 3.8) is 0 Å². The predicted octanol–water partition coefficient (Wildman–Crippen LogP) is 5.78. The molecule has 0 spiro atoms. The minimum absolute atomic E-state index is 0.0167. The van der Waals surface area contributed by atoms with Gasteiger partial charge in [0.2, 0.25) is 5.91 Å². The van der Waals surface area contributed by atoms with Crippen LogP contribution >= 0.6 is 11.8 Å². The number of carbonyl (C=O) groups is 2. The number of nitrogens with zero attached hydrogens (tertiary/aromatic N) is 1. The highest BCUT2D eigenvalue weighted by Gasteiger charge is 2.38. The standard InChI is InChI=1S/C34H34N2O6S/c1-22-30(21-43-32-8-3-4-17-36(32)40)41-34(42-33(22)26-13-11-25(20-37)12-14-26)27-15-9-24(10-16-27)18-31(39)35-29-7-5-6-28(19-29)23(2)38/h3-17,19,22,30,33-34,37H,18,20-21H2,1-2H3,(H,35,39)/t22-,30+,33+,34?/m0/s1. The second-order valence-electron chi connectivity index (χ2n) is 10.6. The predicted molar refractivity (Wildman–Crippen MR) is 164 cm³/mol. The normalized spacial score (nSPS) is 20.0. The SMILES string of the molecule is CC(=O)c1cccc(NC(=O)Cc2ccc(C3O[C@H](CSc4cccc[n+]4[O-])[C@H](C)[C@H](c4ccc(CO)cc4)O3)cc2)c1. The van der Waals surface area contributed by atoms with Gasteiger partial charge in [0, 0.05) is 40.6 Å². The van der Waals surface area contributed by atoms with Crippen LogP contribution < -0.4 is 10.0 Å². The Labute approximate surface area is 255 Å². The monoisotopic (exact) mass is 598 g/mol. The summed E-state index contributed by atoms with van der Waals surface area (Å²) in [5.74, 6) is 0.291. The summed E-state index contributed by atoms with van der Waals surface area (Å²) in [7, 11) is 0. The van der Waals surface area contributed by atoms with E-state index in [1.54, 1.807) is 36.4 Å². The summed E-state index contributed by atoms with van der Waals surface area (Å²) in [6, 6.07) is 27.5. The third kappa shape index (κ3) is 7.69. The van der Waals surface area contributed by atoms with E-state index in [0.717, 1.165) is 27.0 Å². The molecule has 4 aromatic rings. The van der Waals surface area contributed by atoms with E-state index in [-0.39, 0.29) is 42.8 Å². The zero-order chi connectivity index (χ0) is 30.3. The van der Waals surface area contributed by atoms with E-state index < -0.39 is 6.29 Å². The van der Waals surface area contributed by atoms with Gasteiger partial charge in [0.25, 0.3) is 5.03 Å². The lowest BCUT2D eigenvalue weighted by atomic mass is 9.91. The Morgan fingerprint density at radius 2 is 1.65 bits per heavy atom. The first-order chi connectivity index (χ1) is 20.8. The molecule has 222 valence electrons. The van der Waals surface area contributed by atoms with Crippen molar-refractivity contribution >= 4 is 29.1 Å². The van der Waals surface area contributed by atoms with Crippen LogP contribution in [-0.4, -0.2) is 28.7 Å². The number of pyridine rings is 1. The highest BCUT2D eigenvalue weighted by Crippen LogP contribution is 2.42. The van der Waals surface area contributed by atoms with Gasteiger partial charge in [0.1, 0.15) is 0 Å². The number of hydrogen-bond acceptors (Lipinski definition) is 7. The number of Topliss-reactive ketones (excluding diaryl/α,β-unsaturated/α-hetero) is 1. The molecule has 2 heterocycles. The molecule has 0 bridgehead atoms. The van der Waals surface area contributed by atoms with Gasteiger partial charge in [-0.3, -0.25) is 9.59 Å². The molecule has 0 saturated carbocycles. The number of ketones is 1. The smallest absolute Gasteiger partial charge is 0.251 e. The maximum atomic E-state index is 12.7. The van der Waals surface area contributed by atoms with E-state index in [1.165, 1.54) is 24.9 Å². The Morgan fingerprint density at radius 3 is 2.35 bits per heavy atom. The molecule has 9 heteroatoms. The number of aliphatic hydroxyl groups is 1. The number of benzene rings is 3. The van der Waals surface area contributed by atoms with Crippen LogP contribution in [0.25, 0.3) is 0 Å². The number of rotatable bonds is 10. The van der Waals surface area contributed by atoms with Gasteiger partial charge in [-0.15, -0.1) is 0 Å². The molecule has 1 amide bonds. The molecule has 0 radical (unpaired) electrons. The van der Waals surface area contributed by atoms with Crippen LogP contribution in [0, 0.1) is 11.1 Å². The van der Waals surface area contributed by atoms with Crippen molar-refractivity contribution in [1.29, 1.82) is 0 Å². The van der Waals surface area contributed by atoms with Gasteiger partial charge in [0.15, 0.2) is 18.3 Å². The topological polar surface area (TPSA) is 112 Å². The van der Waals surface area contributed by atoms with Crippen molar-refractivity contribution in [3.8, 4) is 0 Å². The molecule has 1 aromatic heterocycles. The number of ether oxygens (including phenoxy) is 2. The molecular formula is C34H34N2O6S. The Hall–Kier alpha value is -4.02. The van der Waals surface area contributed by atoms with Crippen LogP contribution in [0.3, 0.4) is 0 Å². The number of aliphatic hydroxyl groups excluding tert-OH is 1. The number of aromatic nitrogens is 1. The fourth-order valence-corrected chi connectivity index (χ4v) is 6.08. The molecule has 1 aliphatic rings. The number of carbonyl (C=O) groups excluding carboxylic acids is 2. The zero-order valence-electron chi connectivity index (χ0n) is 24.0. The van der Waals surface area contributed by atoms with Crippen molar-refractivity contribution in [2.45, 2.75) is 50.4 Å². The van der Waals surface area contributed by atoms with Gasteiger partial charge in [-0.05, 0) is 41.8 Å². The molecule has 1 aliphatic heterocycles. The zero-order valence-corrected chi connectivity index (χ0v) is 24.8. The largest absolute Gasteiger partial charge is 0.618 e. The van der Waals surface area contributed by atoms with E-state index in [2.05, 4.69) is 12.2 Å². The van der Waals surface area contributed by atoms with Gasteiger partial charge in [-0.2, -0.15) is 4.73 Å². The van der Waals surface area contributed by atoms with Gasteiger partial charge >= 0.3 is 0 Å². The molecule has 43 heavy (non-hydrogen) atoms. The summed E-state index contributed by atoms with van der Waals surface area (Å²) in [5, 5.41) is 25.2. The van der Waals surface area contributed by atoms with Gasteiger partial charge in [-0.1, -0.05) is 79.3 Å². The minimum atomic E-state index is -0.656. The Morgan fingerprint density at radius 1 is 0.930 bits per heavy atom. The van der Waals surface area contributed by atoms with Gasteiger partial charge in [-0.25, -0.2) is 0 Å². The molecule has 1 unspecified atom stereocenters. The highest BCUT2D eigenvalue weighted by atomic mass is 32.2. The van der Waals surface area contributed by atoms with E-state index in [9.17, 15) is 19.9 Å². The number of anilines is 1. The molecule has 1 saturated heterocycles. The van der Waals surface area contributed by atoms with E-state index >= 15 is 0 Å². The van der Waals surface area contributed by atoms with Gasteiger partial charge in [0.05, 0.1) is 25.2 Å². The maximum Gasteiger partial charge on any atom is 0.251 e. The van der Waals surface area contributed by atoms with Crippen LogP contribution in [-0.2, 0) is 27.3 Å². The average Bonchev–Trinajstić information content (AvgIpc) is 3.02. The van der Waals surface area contributed by atoms with Crippen LogP contribution in [0.1, 0.15) is 58.9 Å². The fourth-order valence-electron chi connectivity index (χ4n) is 5.00. The lowest BCUT2D eigenvalue weighted by Crippen LogP contribution is -2.39. The van der Waals surface area contributed by atoms with Crippen molar-refractivity contribution in [1.82, 2.24) is 0 Å². The number of nitrogens with one attached hydrogen (secondary N) is 1. The van der Waals surface area contributed by atoms with Crippen molar-refractivity contribution < 1.29 is 28.9 Å². The van der Waals surface area contributed by atoms with Crippen molar-refractivity contribution in [2.75, 3.05) is 11.1 Å². The molecule has 1 fully saturated rings. The molecule has 8 nitrogen and oxygen atoms in total. The minimum Gasteiger partial charge on any atom is -0.618 e. The average molecular weight is 599 g/mol. The third-order valence-electron chi connectivity index (χ3n) is 7.48. The van der Waals surface area contributed by atoms with Crippen LogP contribution in [0.4, 0.5) is 5.69 Å². The molecule has 0 aliphatic carbocycles. The van der Waals surface area contributed by atoms with Crippen LogP contribution in [0.2, 0.25) is 0 Å². The van der Waals surface area contributed by atoms with Gasteiger partial charge < -0.3 is 25.1 Å². The highest BCUT2D eigenvalue weighted by molar-refractivity contribution is 7.99. The van der Waals surface area contributed by atoms with E-state index in [4.69, 9.17) is 9.47 Å². The van der Waals surface area contributed by atoms with Crippen molar-refractivity contribution in [2.24, 2.45) is 5.92 Å². The van der Waals surface area contributed by atoms with Crippen molar-refractivity contribution in [3.05, 3.63) is 130 Å². The third-order valence-corrected chi connectivity index (χ3v) is 8.58. The molecular weight excluding hydrogens is 564 g/mol. The number of amides is 1. The summed E-state index contributed by atoms with van der Waals surface area (Å²) in [4.78, 5) is 24.4. The Kier molecular flexibility index (Phi) is 9.89. The first-order valence-corrected chi connectivity index (χ1v) is 15.1. The number of thioether (sulfide) groups is 1. The summed E-state index contributed by atoms with van der Waals surface area (Å²) in [6.45, 7) is 3.54. The summed E-state index contributed by atoms with van der Waals surface area (Å²) in [6.07, 6.45) is 0.498. The molecule has 3 aromatic carbocycles. The van der Waals surface area contributed by atoms with Crippen LogP contribution in [0.5, 0.6) is 0 Å². The lowest BCUT2D eigenvalue weighted by molar-refractivity contribution is -0.645. The van der Waals surface area contributed by atoms with E-state index in [0.29, 0.717) is 22.0 Å². The molecule has 4 atom stereocenters. The second kappa shape index (κ2) is 14.0. The van der Waals surface area contributed by atoms with E-state index in [1.807, 2.05) is 54.6 Å². The Bertz CT molecular complexity index is 1560. The summed E-state index contributed by atoms with van der Waals surface area (Å²) >= 11 is 1.44. The quantitative estimate of drug-likeness (QED) is 0.103. The first kappa shape index (κ1) is 30.4. The molecule has 2 N–H and O–H groups in total. The summed E-state index contributed by atoms with van der Waals surface area (Å²) < 4.78 is 13.8. The van der Waals surface area contributed by atoms with Crippen LogP contribution in [0.15, 0.2) is 102 Å².